The molecular formula is C6H14BN2O2P. The first kappa shape index (κ1) is 11.7. The van der Waals surface area contributed by atoms with Crippen LogP contribution in [0.4, 0.5) is 0 Å². The van der Waals surface area contributed by atoms with Crippen molar-refractivity contribution in [1.29, 1.82) is 0 Å². The van der Waals surface area contributed by atoms with E-state index in [1.165, 1.54) is 7.21 Å². The molecule has 0 aliphatic rings. The molecule has 0 fully saturated rings. The third kappa shape index (κ3) is 7.83. The van der Waals surface area contributed by atoms with Crippen LogP contribution in [0.1, 0.15) is 19.8 Å². The zero-order valence-electron chi connectivity index (χ0n) is 7.25. The third-order valence-corrected chi connectivity index (χ3v) is 1.35. The first-order valence-corrected chi connectivity index (χ1v) is 4.41. The van der Waals surface area contributed by atoms with Gasteiger partial charge in [0.15, 0.2) is 0 Å². The van der Waals surface area contributed by atoms with E-state index >= 15 is 0 Å². The van der Waals surface area contributed by atoms with Gasteiger partial charge >= 0.3 is 74.9 Å². The second-order valence-electron chi connectivity index (χ2n) is 2.15. The molecule has 0 spiro atoms. The Morgan fingerprint density at radius 3 is 3.08 bits per heavy atom. The van der Waals surface area contributed by atoms with Crippen molar-refractivity contribution in [2.24, 2.45) is 4.67 Å². The van der Waals surface area contributed by atoms with Gasteiger partial charge in [-0.1, -0.05) is 0 Å². The summed E-state index contributed by atoms with van der Waals surface area (Å²) in [6.45, 7) is 3.28. The van der Waals surface area contributed by atoms with Crippen molar-refractivity contribution >= 4 is 22.5 Å². The summed E-state index contributed by atoms with van der Waals surface area (Å²) in [5, 5.41) is 2.50. The molecule has 0 radical (unpaired) electrons. The molecule has 0 saturated carbocycles. The van der Waals surface area contributed by atoms with Crippen molar-refractivity contribution in [1.82, 2.24) is 5.23 Å². The number of nitrogens with zero attached hydrogens (tertiary/aromatic N) is 1. The summed E-state index contributed by atoms with van der Waals surface area (Å²) in [5.74, 6) is -0.0269. The van der Waals surface area contributed by atoms with Crippen molar-refractivity contribution in [2.75, 3.05) is 13.2 Å². The van der Waals surface area contributed by atoms with Gasteiger partial charge in [-0.2, -0.15) is 0 Å². The molecule has 0 aliphatic heterocycles. The third-order valence-electron chi connectivity index (χ3n) is 1.20. The van der Waals surface area contributed by atoms with E-state index in [1.54, 1.807) is 0 Å². The quantitative estimate of drug-likeness (QED) is 0.375. The van der Waals surface area contributed by atoms with Crippen LogP contribution in [0.2, 0.25) is 0 Å². The van der Waals surface area contributed by atoms with Gasteiger partial charge in [0.1, 0.15) is 0 Å². The standard InChI is InChI=1S/C6H14BN2O2P/c1-2-11-5-3-4-6(10)8-7-9-12/h2-5,12H2,1H3,(H,8,10). The molecular weight excluding hydrogens is 174 g/mol. The Morgan fingerprint density at radius 1 is 1.75 bits per heavy atom. The number of carbonyl (C=O) groups is 1. The van der Waals surface area contributed by atoms with E-state index in [9.17, 15) is 4.79 Å². The van der Waals surface area contributed by atoms with E-state index in [2.05, 4.69) is 19.3 Å². The molecule has 0 aromatic rings. The van der Waals surface area contributed by atoms with Crippen LogP contribution in [-0.2, 0) is 9.53 Å². The first-order chi connectivity index (χ1) is 5.81. The van der Waals surface area contributed by atoms with Gasteiger partial charge in [-0.05, 0) is 0 Å². The minimum atomic E-state index is -0.0269. The Morgan fingerprint density at radius 2 is 2.50 bits per heavy atom. The zero-order chi connectivity index (χ0) is 9.23. The fourth-order valence-corrected chi connectivity index (χ4v) is 0.735. The van der Waals surface area contributed by atoms with Gasteiger partial charge in [-0.25, -0.2) is 0 Å². The maximum atomic E-state index is 10.9. The molecule has 4 nitrogen and oxygen atoms in total. The van der Waals surface area contributed by atoms with Crippen LogP contribution in [0.5, 0.6) is 0 Å². The average molecular weight is 188 g/mol. The van der Waals surface area contributed by atoms with Crippen molar-refractivity contribution < 1.29 is 9.53 Å². The number of amides is 1. The van der Waals surface area contributed by atoms with E-state index in [0.29, 0.717) is 19.6 Å². The van der Waals surface area contributed by atoms with Gasteiger partial charge in [-0.3, -0.25) is 0 Å². The molecule has 0 bridgehead atoms. The number of hydrogen-bond acceptors (Lipinski definition) is 3. The molecule has 0 aliphatic carbocycles. The van der Waals surface area contributed by atoms with E-state index in [1.807, 2.05) is 6.92 Å². The van der Waals surface area contributed by atoms with E-state index in [-0.39, 0.29) is 5.91 Å². The van der Waals surface area contributed by atoms with Crippen LogP contribution in [0.25, 0.3) is 0 Å². The molecule has 1 atom stereocenters. The fraction of sp³-hybridized carbons (Fsp3) is 0.833. The zero-order valence-corrected chi connectivity index (χ0v) is 8.40. The molecule has 6 heteroatoms. The van der Waals surface area contributed by atoms with Crippen LogP contribution in [0, 0.1) is 0 Å². The van der Waals surface area contributed by atoms with E-state index < -0.39 is 0 Å². The molecule has 0 heterocycles. The molecule has 1 amide bonds. The SMILES string of the molecule is CCOCCCC(=O)N/B=N/P. The number of hydrogen-bond donors (Lipinski definition) is 1. The van der Waals surface area contributed by atoms with Crippen LogP contribution in [0.3, 0.4) is 0 Å². The Balaban J connectivity index is 3.20. The Bertz CT molecular complexity index is 154. The number of carbonyl (C=O) groups excluding carboxylic acids is 1. The molecule has 1 unspecified atom stereocenters. The van der Waals surface area contributed by atoms with Crippen molar-refractivity contribution in [3.63, 3.8) is 0 Å². The van der Waals surface area contributed by atoms with E-state index in [4.69, 9.17) is 4.74 Å². The summed E-state index contributed by atoms with van der Waals surface area (Å²) in [5.41, 5.74) is 0. The van der Waals surface area contributed by atoms with Crippen molar-refractivity contribution in [2.45, 2.75) is 19.8 Å². The summed E-state index contributed by atoms with van der Waals surface area (Å²) < 4.78 is 8.62. The Kier molecular flexibility index (Phi) is 8.62. The van der Waals surface area contributed by atoms with Crippen LogP contribution in [-0.4, -0.2) is 26.3 Å². The Hall–Kier alpha value is -0.275. The maximum absolute atomic E-state index is 10.9. The molecule has 68 valence electrons. The molecule has 0 rings (SSSR count). The molecule has 12 heavy (non-hydrogen) atoms. The normalized spacial score (nSPS) is 9.83. The predicted octanol–water partition coefficient (Wildman–Crippen LogP) is 0.512. The number of nitrogens with one attached hydrogen (secondary N) is 1. The topological polar surface area (TPSA) is 50.7 Å². The monoisotopic (exact) mass is 188 g/mol. The van der Waals surface area contributed by atoms with Gasteiger partial charge in [0.25, 0.3) is 0 Å². The number of ether oxygens (including phenoxy) is 1. The average Bonchev–Trinajstić information content (AvgIpc) is 2.09. The fourth-order valence-electron chi connectivity index (χ4n) is 0.661. The first-order valence-electron chi connectivity index (χ1n) is 3.90. The van der Waals surface area contributed by atoms with Crippen LogP contribution in [0.15, 0.2) is 4.67 Å². The molecule has 0 saturated heterocycles. The van der Waals surface area contributed by atoms with Gasteiger partial charge in [0.05, 0.1) is 0 Å². The molecule has 1 N–H and O–H groups in total. The van der Waals surface area contributed by atoms with Crippen LogP contribution < -0.4 is 5.23 Å². The minimum absolute atomic E-state index is 0.0269. The molecule has 0 aromatic heterocycles. The predicted molar refractivity (Wildman–Crippen MR) is 51.8 cm³/mol. The summed E-state index contributed by atoms with van der Waals surface area (Å²) in [6.07, 6.45) is 1.24. The molecule has 0 aromatic carbocycles. The van der Waals surface area contributed by atoms with E-state index in [0.717, 1.165) is 6.42 Å². The summed E-state index contributed by atoms with van der Waals surface area (Å²) in [7, 11) is 3.50. The van der Waals surface area contributed by atoms with Gasteiger partial charge in [-0.15, -0.1) is 0 Å². The van der Waals surface area contributed by atoms with Crippen molar-refractivity contribution in [3.8, 4) is 0 Å². The van der Waals surface area contributed by atoms with Crippen molar-refractivity contribution in [3.05, 3.63) is 0 Å². The number of rotatable bonds is 6. The van der Waals surface area contributed by atoms with Crippen LogP contribution >= 0.6 is 9.39 Å². The summed E-state index contributed by atoms with van der Waals surface area (Å²) >= 11 is 0. The second-order valence-corrected chi connectivity index (χ2v) is 2.44. The summed E-state index contributed by atoms with van der Waals surface area (Å²) in [4.78, 5) is 10.9. The van der Waals surface area contributed by atoms with Gasteiger partial charge < -0.3 is 0 Å². The van der Waals surface area contributed by atoms with Gasteiger partial charge in [0.2, 0.25) is 0 Å². The summed E-state index contributed by atoms with van der Waals surface area (Å²) in [6, 6.07) is 0. The van der Waals surface area contributed by atoms with Gasteiger partial charge in [0, 0.05) is 0 Å². The second kappa shape index (κ2) is 8.82. The Labute approximate surface area is 75.7 Å².